The monoisotopic (exact) mass is 289 g/mol. The van der Waals surface area contributed by atoms with E-state index in [9.17, 15) is 18.3 Å². The molecule has 0 aromatic heterocycles. The van der Waals surface area contributed by atoms with E-state index in [1.807, 2.05) is 0 Å². The summed E-state index contributed by atoms with van der Waals surface area (Å²) in [6.07, 6.45) is -3.68. The predicted molar refractivity (Wildman–Crippen MR) is 70.1 cm³/mol. The van der Waals surface area contributed by atoms with Gasteiger partial charge in [-0.15, -0.1) is 0 Å². The molecule has 1 N–H and O–H groups in total. The number of benzene rings is 1. The second-order valence-electron chi connectivity index (χ2n) is 5.04. The molecule has 1 saturated carbocycles. The molecule has 1 atom stereocenters. The second kappa shape index (κ2) is 5.52. The SMILES string of the molecule is COc1cccc(N(CC(F)(F)F)C2CC2)c1C(C)O. The minimum absolute atomic E-state index is 0.110. The van der Waals surface area contributed by atoms with Crippen LogP contribution in [0.1, 0.15) is 31.4 Å². The van der Waals surface area contributed by atoms with Gasteiger partial charge in [0.15, 0.2) is 0 Å². The Labute approximate surface area is 116 Å². The number of hydrogen-bond acceptors (Lipinski definition) is 3. The molecule has 1 aromatic rings. The Bertz CT molecular complexity index is 470. The van der Waals surface area contributed by atoms with E-state index in [0.717, 1.165) is 12.8 Å². The van der Waals surface area contributed by atoms with E-state index in [4.69, 9.17) is 4.74 Å². The minimum atomic E-state index is -4.28. The number of anilines is 1. The lowest BCUT2D eigenvalue weighted by Crippen LogP contribution is -2.36. The number of rotatable bonds is 5. The number of ether oxygens (including phenoxy) is 1. The zero-order chi connectivity index (χ0) is 14.9. The van der Waals surface area contributed by atoms with Crippen molar-refractivity contribution in [3.05, 3.63) is 23.8 Å². The standard InChI is InChI=1S/C14H18F3NO2/c1-9(19)13-11(4-3-5-12(13)20-2)18(10-6-7-10)8-14(15,16)17/h3-5,9-10,19H,6-8H2,1-2H3. The first-order valence-electron chi connectivity index (χ1n) is 6.52. The topological polar surface area (TPSA) is 32.7 Å². The summed E-state index contributed by atoms with van der Waals surface area (Å²) in [5.41, 5.74) is 0.810. The number of hydrogen-bond donors (Lipinski definition) is 1. The van der Waals surface area contributed by atoms with Crippen LogP contribution in [0, 0.1) is 0 Å². The molecule has 1 fully saturated rings. The lowest BCUT2D eigenvalue weighted by molar-refractivity contribution is -0.120. The summed E-state index contributed by atoms with van der Waals surface area (Å²) in [6, 6.07) is 4.78. The molecule has 0 bridgehead atoms. The van der Waals surface area contributed by atoms with Gasteiger partial charge >= 0.3 is 6.18 Å². The van der Waals surface area contributed by atoms with Gasteiger partial charge in [0.25, 0.3) is 0 Å². The number of nitrogens with zero attached hydrogens (tertiary/aromatic N) is 1. The van der Waals surface area contributed by atoms with E-state index in [0.29, 0.717) is 17.0 Å². The Balaban J connectivity index is 2.42. The second-order valence-corrected chi connectivity index (χ2v) is 5.04. The van der Waals surface area contributed by atoms with Crippen molar-refractivity contribution in [3.63, 3.8) is 0 Å². The van der Waals surface area contributed by atoms with Crippen LogP contribution in [-0.2, 0) is 0 Å². The van der Waals surface area contributed by atoms with Gasteiger partial charge in [-0.3, -0.25) is 0 Å². The molecule has 1 unspecified atom stereocenters. The fourth-order valence-corrected chi connectivity index (χ4v) is 2.37. The summed E-state index contributed by atoms with van der Waals surface area (Å²) in [4.78, 5) is 1.32. The van der Waals surface area contributed by atoms with Gasteiger partial charge in [-0.25, -0.2) is 0 Å². The molecule has 1 aliphatic carbocycles. The van der Waals surface area contributed by atoms with Crippen LogP contribution < -0.4 is 9.64 Å². The maximum absolute atomic E-state index is 12.8. The van der Waals surface area contributed by atoms with E-state index in [1.165, 1.54) is 18.9 Å². The maximum Gasteiger partial charge on any atom is 0.405 e. The Morgan fingerprint density at radius 1 is 1.40 bits per heavy atom. The van der Waals surface area contributed by atoms with Gasteiger partial charge < -0.3 is 14.7 Å². The molecule has 3 nitrogen and oxygen atoms in total. The highest BCUT2D eigenvalue weighted by atomic mass is 19.4. The molecule has 0 amide bonds. The average Bonchev–Trinajstić information content (AvgIpc) is 3.18. The Kier molecular flexibility index (Phi) is 4.13. The first-order chi connectivity index (χ1) is 9.33. The first-order valence-corrected chi connectivity index (χ1v) is 6.52. The Hall–Kier alpha value is -1.43. The van der Waals surface area contributed by atoms with Crippen molar-refractivity contribution in [1.82, 2.24) is 0 Å². The average molecular weight is 289 g/mol. The number of alkyl halides is 3. The number of methoxy groups -OCH3 is 1. The molecule has 112 valence electrons. The Morgan fingerprint density at radius 2 is 2.05 bits per heavy atom. The van der Waals surface area contributed by atoms with Crippen LogP contribution >= 0.6 is 0 Å². The first kappa shape index (κ1) is 15.0. The summed E-state index contributed by atoms with van der Waals surface area (Å²) in [5, 5.41) is 9.88. The fraction of sp³-hybridized carbons (Fsp3) is 0.571. The molecule has 0 radical (unpaired) electrons. The van der Waals surface area contributed by atoms with Gasteiger partial charge in [0.1, 0.15) is 12.3 Å². The summed E-state index contributed by atoms with van der Waals surface area (Å²) < 4.78 is 43.4. The zero-order valence-corrected chi connectivity index (χ0v) is 11.4. The molecule has 20 heavy (non-hydrogen) atoms. The highest BCUT2D eigenvalue weighted by Gasteiger charge is 2.39. The summed E-state index contributed by atoms with van der Waals surface area (Å²) in [5.74, 6) is 0.408. The van der Waals surface area contributed by atoms with Crippen molar-refractivity contribution >= 4 is 5.69 Å². The van der Waals surface area contributed by atoms with E-state index in [2.05, 4.69) is 0 Å². The molecule has 0 aliphatic heterocycles. The van der Waals surface area contributed by atoms with Crippen molar-refractivity contribution in [2.24, 2.45) is 0 Å². The molecule has 6 heteroatoms. The maximum atomic E-state index is 12.8. The molecular formula is C14H18F3NO2. The number of aliphatic hydroxyl groups excluding tert-OH is 1. The number of halogens is 3. The summed E-state index contributed by atoms with van der Waals surface area (Å²) >= 11 is 0. The van der Waals surface area contributed by atoms with Gasteiger partial charge in [0, 0.05) is 17.3 Å². The van der Waals surface area contributed by atoms with Crippen LogP contribution in [0.15, 0.2) is 18.2 Å². The third-order valence-electron chi connectivity index (χ3n) is 3.33. The van der Waals surface area contributed by atoms with Gasteiger partial charge in [-0.1, -0.05) is 6.07 Å². The van der Waals surface area contributed by atoms with Crippen LogP contribution in [0.5, 0.6) is 5.75 Å². The Morgan fingerprint density at radius 3 is 2.50 bits per heavy atom. The van der Waals surface area contributed by atoms with Crippen molar-refractivity contribution in [1.29, 1.82) is 0 Å². The van der Waals surface area contributed by atoms with E-state index >= 15 is 0 Å². The van der Waals surface area contributed by atoms with Crippen molar-refractivity contribution in [2.45, 2.75) is 38.1 Å². The highest BCUT2D eigenvalue weighted by molar-refractivity contribution is 5.61. The van der Waals surface area contributed by atoms with Gasteiger partial charge in [-0.05, 0) is 31.9 Å². The van der Waals surface area contributed by atoms with Crippen LogP contribution in [0.2, 0.25) is 0 Å². The number of aliphatic hydroxyl groups is 1. The lowest BCUT2D eigenvalue weighted by atomic mass is 10.1. The van der Waals surface area contributed by atoms with Crippen LogP contribution in [0.3, 0.4) is 0 Å². The van der Waals surface area contributed by atoms with Crippen LogP contribution in [0.4, 0.5) is 18.9 Å². The molecule has 0 heterocycles. The predicted octanol–water partition coefficient (Wildman–Crippen LogP) is 3.28. The van der Waals surface area contributed by atoms with Crippen molar-refractivity contribution in [2.75, 3.05) is 18.6 Å². The lowest BCUT2D eigenvalue weighted by Gasteiger charge is -2.29. The third kappa shape index (κ3) is 3.36. The third-order valence-corrected chi connectivity index (χ3v) is 3.33. The van der Waals surface area contributed by atoms with E-state index < -0.39 is 18.8 Å². The molecule has 1 aliphatic rings. The van der Waals surface area contributed by atoms with Crippen molar-refractivity contribution < 1.29 is 23.0 Å². The normalized spacial score (nSPS) is 16.9. The summed E-state index contributed by atoms with van der Waals surface area (Å²) in [6.45, 7) is 0.518. The molecule has 0 spiro atoms. The van der Waals surface area contributed by atoms with Crippen molar-refractivity contribution in [3.8, 4) is 5.75 Å². The van der Waals surface area contributed by atoms with E-state index in [1.54, 1.807) is 18.2 Å². The summed E-state index contributed by atoms with van der Waals surface area (Å²) in [7, 11) is 1.44. The quantitative estimate of drug-likeness (QED) is 0.903. The van der Waals surface area contributed by atoms with Gasteiger partial charge in [0.05, 0.1) is 13.2 Å². The smallest absolute Gasteiger partial charge is 0.405 e. The van der Waals surface area contributed by atoms with Gasteiger partial charge in [0.2, 0.25) is 0 Å². The van der Waals surface area contributed by atoms with Crippen LogP contribution in [0.25, 0.3) is 0 Å². The molecule has 2 rings (SSSR count). The molecule has 1 aromatic carbocycles. The van der Waals surface area contributed by atoms with Crippen LogP contribution in [-0.4, -0.2) is 31.0 Å². The van der Waals surface area contributed by atoms with E-state index in [-0.39, 0.29) is 6.04 Å². The zero-order valence-electron chi connectivity index (χ0n) is 11.4. The molecular weight excluding hydrogens is 271 g/mol. The minimum Gasteiger partial charge on any atom is -0.496 e. The van der Waals surface area contributed by atoms with Gasteiger partial charge in [-0.2, -0.15) is 13.2 Å². The fourth-order valence-electron chi connectivity index (χ4n) is 2.37. The highest BCUT2D eigenvalue weighted by Crippen LogP contribution is 2.41. The largest absolute Gasteiger partial charge is 0.496 e. The molecule has 0 saturated heterocycles.